The highest BCUT2D eigenvalue weighted by Crippen LogP contribution is 2.58. The van der Waals surface area contributed by atoms with Crippen LogP contribution in [0.5, 0.6) is 0 Å². The monoisotopic (exact) mass is 958 g/mol. The Kier molecular flexibility index (Phi) is 12.0. The lowest BCUT2D eigenvalue weighted by atomic mass is 9.65. The van der Waals surface area contributed by atoms with Crippen LogP contribution < -0.4 is 9.80 Å². The van der Waals surface area contributed by atoms with E-state index in [9.17, 15) is 0 Å². The van der Waals surface area contributed by atoms with Gasteiger partial charge in [-0.1, -0.05) is 237 Å². The molecular weight excluding hydrogens is 905 g/mol. The van der Waals surface area contributed by atoms with E-state index in [0.29, 0.717) is 0 Å². The third-order valence-corrected chi connectivity index (χ3v) is 15.2. The lowest BCUT2D eigenvalue weighted by Gasteiger charge is -2.39. The van der Waals surface area contributed by atoms with Crippen molar-refractivity contribution in [3.05, 3.63) is 331 Å². The smallest absolute Gasteiger partial charge is 0.0678 e. The molecule has 75 heavy (non-hydrogen) atoms. The summed E-state index contributed by atoms with van der Waals surface area (Å²) in [4.78, 5) is 4.88. The van der Waals surface area contributed by atoms with Crippen molar-refractivity contribution in [3.8, 4) is 55.6 Å². The average molecular weight is 959 g/mol. The van der Waals surface area contributed by atoms with Crippen LogP contribution in [0.4, 0.5) is 28.4 Å². The van der Waals surface area contributed by atoms with Gasteiger partial charge < -0.3 is 9.80 Å². The molecule has 2 aliphatic carbocycles. The third-order valence-electron chi connectivity index (χ3n) is 15.2. The first-order valence-electron chi connectivity index (χ1n) is 26.1. The van der Waals surface area contributed by atoms with Gasteiger partial charge in [0.05, 0.1) is 5.41 Å². The molecule has 0 saturated heterocycles. The quantitative estimate of drug-likeness (QED) is 0.120. The minimum absolute atomic E-state index is 0.595. The second-order valence-corrected chi connectivity index (χ2v) is 19.6. The highest BCUT2D eigenvalue weighted by molar-refractivity contribution is 5.88. The number of hydrogen-bond acceptors (Lipinski definition) is 2. The maximum atomic E-state index is 2.52. The molecule has 0 radical (unpaired) electrons. The summed E-state index contributed by atoms with van der Waals surface area (Å²) < 4.78 is 0. The first-order valence-corrected chi connectivity index (χ1v) is 26.1. The Morgan fingerprint density at radius 3 is 1.03 bits per heavy atom. The minimum Gasteiger partial charge on any atom is -0.311 e. The largest absolute Gasteiger partial charge is 0.311 e. The van der Waals surface area contributed by atoms with E-state index in [4.69, 9.17) is 0 Å². The molecule has 0 aliphatic heterocycles. The zero-order valence-electron chi connectivity index (χ0n) is 41.7. The van der Waals surface area contributed by atoms with Crippen LogP contribution in [0.25, 0.3) is 55.6 Å². The molecule has 2 heteroatoms. The summed E-state index contributed by atoms with van der Waals surface area (Å²) in [6.07, 6.45) is 6.75. The molecule has 2 nitrogen and oxygen atoms in total. The molecule has 0 N–H and O–H groups in total. The number of benzene rings is 11. The van der Waals surface area contributed by atoms with Crippen molar-refractivity contribution in [2.75, 3.05) is 9.80 Å². The van der Waals surface area contributed by atoms with Crippen molar-refractivity contribution in [1.29, 1.82) is 0 Å². The third kappa shape index (κ3) is 8.47. The molecule has 356 valence electrons. The predicted octanol–water partition coefficient (Wildman–Crippen LogP) is 19.6. The van der Waals surface area contributed by atoms with Crippen molar-refractivity contribution < 1.29 is 0 Å². The van der Waals surface area contributed by atoms with Gasteiger partial charge in [-0.25, -0.2) is 0 Å². The standard InChI is InChI=1S/C73H54N2/c1-5-19-53(20-6-1)57-35-43-63(44-36-57)74(64-45-37-58(38-46-64)54-21-7-2-8-22-54)67-29-17-27-61(51-67)73(71-33-15-13-31-69(71)70-32-14-16-34-72(70)73)62-28-18-30-68(52-62)75(65-47-39-59(40-48-65)55-23-9-3-10-24-55)66-49-41-60(42-50-66)56-25-11-4-12-26-56/h1-17,19-27,29-52H,18,28H2. The van der Waals surface area contributed by atoms with Gasteiger partial charge in [0.2, 0.25) is 0 Å². The summed E-state index contributed by atoms with van der Waals surface area (Å²) in [5.41, 5.74) is 23.4. The van der Waals surface area contributed by atoms with E-state index in [1.54, 1.807) is 0 Å². The number of rotatable bonds is 12. The fraction of sp³-hybridized carbons (Fsp3) is 0.0411. The molecule has 2 aliphatic rings. The van der Waals surface area contributed by atoms with Gasteiger partial charge in [-0.05, 0) is 157 Å². The summed E-state index contributed by atoms with van der Waals surface area (Å²) >= 11 is 0. The molecule has 11 aromatic carbocycles. The Morgan fingerprint density at radius 1 is 0.280 bits per heavy atom. The van der Waals surface area contributed by atoms with E-state index in [1.165, 1.54) is 77.9 Å². The summed E-state index contributed by atoms with van der Waals surface area (Å²) in [5.74, 6) is 0. The van der Waals surface area contributed by atoms with Crippen LogP contribution in [0, 0.1) is 0 Å². The normalized spacial score (nSPS) is 13.2. The van der Waals surface area contributed by atoms with Crippen molar-refractivity contribution in [1.82, 2.24) is 0 Å². The van der Waals surface area contributed by atoms with E-state index in [-0.39, 0.29) is 0 Å². The zero-order valence-corrected chi connectivity index (χ0v) is 41.7. The van der Waals surface area contributed by atoms with Gasteiger partial charge in [0, 0.05) is 34.1 Å². The lowest BCUT2D eigenvalue weighted by molar-refractivity contribution is 0.688. The van der Waals surface area contributed by atoms with Gasteiger partial charge in [0.25, 0.3) is 0 Å². The van der Waals surface area contributed by atoms with Crippen LogP contribution >= 0.6 is 0 Å². The number of anilines is 5. The number of allylic oxidation sites excluding steroid dienone is 3. The predicted molar refractivity (Wildman–Crippen MR) is 315 cm³/mol. The molecule has 0 aromatic heterocycles. The summed E-state index contributed by atoms with van der Waals surface area (Å²) in [5, 5.41) is 0. The van der Waals surface area contributed by atoms with Gasteiger partial charge in [-0.2, -0.15) is 0 Å². The van der Waals surface area contributed by atoms with Crippen LogP contribution in [-0.4, -0.2) is 0 Å². The minimum atomic E-state index is -0.595. The Morgan fingerprint density at radius 2 is 0.627 bits per heavy atom. The second kappa shape index (κ2) is 19.8. The van der Waals surface area contributed by atoms with Crippen molar-refractivity contribution in [3.63, 3.8) is 0 Å². The first kappa shape index (κ1) is 45.4. The van der Waals surface area contributed by atoms with E-state index in [0.717, 1.165) is 47.0 Å². The molecule has 0 fully saturated rings. The van der Waals surface area contributed by atoms with Crippen LogP contribution in [0.3, 0.4) is 0 Å². The molecule has 11 aromatic rings. The van der Waals surface area contributed by atoms with Crippen LogP contribution in [-0.2, 0) is 5.41 Å². The van der Waals surface area contributed by atoms with Crippen molar-refractivity contribution in [2.45, 2.75) is 18.3 Å². The average Bonchev–Trinajstić information content (AvgIpc) is 3.91. The van der Waals surface area contributed by atoms with Gasteiger partial charge in [0.1, 0.15) is 0 Å². The lowest BCUT2D eigenvalue weighted by Crippen LogP contribution is -2.31. The van der Waals surface area contributed by atoms with Gasteiger partial charge in [-0.15, -0.1) is 0 Å². The molecular formula is C73H54N2. The van der Waals surface area contributed by atoms with Gasteiger partial charge in [-0.3, -0.25) is 0 Å². The van der Waals surface area contributed by atoms with Crippen LogP contribution in [0.1, 0.15) is 29.5 Å². The molecule has 0 unspecified atom stereocenters. The maximum absolute atomic E-state index is 2.52. The Bertz CT molecular complexity index is 3610. The molecule has 0 bridgehead atoms. The van der Waals surface area contributed by atoms with Gasteiger partial charge >= 0.3 is 0 Å². The van der Waals surface area contributed by atoms with Gasteiger partial charge in [0.15, 0.2) is 0 Å². The molecule has 0 atom stereocenters. The highest BCUT2D eigenvalue weighted by Gasteiger charge is 2.47. The molecule has 13 rings (SSSR count). The Hall–Kier alpha value is -9.50. The van der Waals surface area contributed by atoms with E-state index in [1.807, 2.05) is 0 Å². The fourth-order valence-electron chi connectivity index (χ4n) is 11.7. The topological polar surface area (TPSA) is 6.48 Å². The first-order chi connectivity index (χ1) is 37.2. The molecule has 0 heterocycles. The van der Waals surface area contributed by atoms with Crippen LogP contribution in [0.15, 0.2) is 315 Å². The highest BCUT2D eigenvalue weighted by atomic mass is 15.2. The SMILES string of the molecule is C1=C(N(c2ccc(-c3ccccc3)cc2)c2ccc(-c3ccccc3)cc2)C=C(C2(c3cccc(N(c4ccc(-c5ccccc5)cc4)c4ccc(-c5ccccc5)cc4)c3)c3ccccc3-c3ccccc32)CC1. The second-order valence-electron chi connectivity index (χ2n) is 19.6. The molecule has 0 spiro atoms. The Labute approximate surface area is 441 Å². The summed E-state index contributed by atoms with van der Waals surface area (Å²) in [7, 11) is 0. The van der Waals surface area contributed by atoms with E-state index >= 15 is 0 Å². The maximum Gasteiger partial charge on any atom is 0.0678 e. The van der Waals surface area contributed by atoms with Crippen LogP contribution in [0.2, 0.25) is 0 Å². The molecule has 0 saturated carbocycles. The van der Waals surface area contributed by atoms with E-state index < -0.39 is 5.41 Å². The number of fused-ring (bicyclic) bond motifs is 3. The number of hydrogen-bond donors (Lipinski definition) is 0. The number of nitrogens with zero attached hydrogens (tertiary/aromatic N) is 2. The molecule has 0 amide bonds. The van der Waals surface area contributed by atoms with Crippen molar-refractivity contribution >= 4 is 28.4 Å². The zero-order chi connectivity index (χ0) is 50.0. The summed E-state index contributed by atoms with van der Waals surface area (Å²) in [6, 6.07) is 107. The Balaban J connectivity index is 0.975. The van der Waals surface area contributed by atoms with Crippen molar-refractivity contribution in [2.24, 2.45) is 0 Å². The van der Waals surface area contributed by atoms with E-state index in [2.05, 4.69) is 313 Å². The fourth-order valence-corrected chi connectivity index (χ4v) is 11.7. The summed E-state index contributed by atoms with van der Waals surface area (Å²) in [6.45, 7) is 0.